The molecule has 5 heteroatoms. The number of amides is 1. The molecule has 0 radical (unpaired) electrons. The molecule has 0 heterocycles. The largest absolute Gasteiger partial charge is 0.494 e. The number of carbonyl (C=O) groups excluding carboxylic acids is 1. The first kappa shape index (κ1) is 15.7. The standard InChI is InChI=1S/C17H20N2O3/c1-2-21-15-7-9-16(10-8-15)22-12-11-17(20)19-14-5-3-13(18)4-6-14/h3-10H,2,11-12,18H2,1H3,(H,19,20). The Balaban J connectivity index is 1.73. The van der Waals surface area contributed by atoms with Crippen molar-refractivity contribution >= 4 is 17.3 Å². The second-order valence-electron chi connectivity index (χ2n) is 4.67. The molecule has 0 spiro atoms. The highest BCUT2D eigenvalue weighted by atomic mass is 16.5. The fourth-order valence-electron chi connectivity index (χ4n) is 1.85. The Morgan fingerprint density at radius 1 is 1.00 bits per heavy atom. The first-order valence-electron chi connectivity index (χ1n) is 7.18. The lowest BCUT2D eigenvalue weighted by Gasteiger charge is -2.08. The maximum atomic E-state index is 11.8. The summed E-state index contributed by atoms with van der Waals surface area (Å²) in [5.41, 5.74) is 6.98. The number of benzene rings is 2. The van der Waals surface area contributed by atoms with Gasteiger partial charge in [-0.15, -0.1) is 0 Å². The van der Waals surface area contributed by atoms with Crippen LogP contribution in [0.1, 0.15) is 13.3 Å². The summed E-state index contributed by atoms with van der Waals surface area (Å²) in [5, 5.41) is 2.79. The topological polar surface area (TPSA) is 73.6 Å². The molecule has 2 aromatic carbocycles. The van der Waals surface area contributed by atoms with Gasteiger partial charge in [-0.2, -0.15) is 0 Å². The number of nitrogens with two attached hydrogens (primary N) is 1. The summed E-state index contributed by atoms with van der Waals surface area (Å²) in [6, 6.07) is 14.3. The van der Waals surface area contributed by atoms with Crippen molar-refractivity contribution in [3.05, 3.63) is 48.5 Å². The number of hydrogen-bond acceptors (Lipinski definition) is 4. The smallest absolute Gasteiger partial charge is 0.227 e. The van der Waals surface area contributed by atoms with Crippen molar-refractivity contribution in [2.75, 3.05) is 24.3 Å². The van der Waals surface area contributed by atoms with Gasteiger partial charge in [0.05, 0.1) is 19.6 Å². The zero-order valence-corrected chi connectivity index (χ0v) is 12.5. The van der Waals surface area contributed by atoms with Gasteiger partial charge in [-0.1, -0.05) is 0 Å². The van der Waals surface area contributed by atoms with Gasteiger partial charge in [0.15, 0.2) is 0 Å². The number of nitrogen functional groups attached to an aromatic ring is 1. The lowest BCUT2D eigenvalue weighted by atomic mass is 10.3. The Kier molecular flexibility index (Phi) is 5.65. The van der Waals surface area contributed by atoms with Gasteiger partial charge in [-0.25, -0.2) is 0 Å². The third kappa shape index (κ3) is 5.01. The summed E-state index contributed by atoms with van der Waals surface area (Å²) in [4.78, 5) is 11.8. The van der Waals surface area contributed by atoms with Crippen molar-refractivity contribution in [3.8, 4) is 11.5 Å². The molecular formula is C17H20N2O3. The fourth-order valence-corrected chi connectivity index (χ4v) is 1.85. The maximum Gasteiger partial charge on any atom is 0.227 e. The summed E-state index contributed by atoms with van der Waals surface area (Å²) >= 11 is 0. The molecule has 0 aliphatic carbocycles. The zero-order valence-electron chi connectivity index (χ0n) is 12.5. The average Bonchev–Trinajstić information content (AvgIpc) is 2.52. The van der Waals surface area contributed by atoms with Crippen LogP contribution in [0.25, 0.3) is 0 Å². The van der Waals surface area contributed by atoms with Crippen LogP contribution in [0.15, 0.2) is 48.5 Å². The van der Waals surface area contributed by atoms with Gasteiger partial charge in [0, 0.05) is 11.4 Å². The SMILES string of the molecule is CCOc1ccc(OCCC(=O)Nc2ccc(N)cc2)cc1. The van der Waals surface area contributed by atoms with E-state index in [9.17, 15) is 4.79 Å². The molecule has 0 bridgehead atoms. The van der Waals surface area contributed by atoms with Gasteiger partial charge >= 0.3 is 0 Å². The van der Waals surface area contributed by atoms with Gasteiger partial charge in [0.2, 0.25) is 5.91 Å². The summed E-state index contributed by atoms with van der Waals surface area (Å²) in [6.07, 6.45) is 0.275. The molecule has 0 atom stereocenters. The molecule has 2 aromatic rings. The molecule has 22 heavy (non-hydrogen) atoms. The van der Waals surface area contributed by atoms with E-state index in [0.29, 0.717) is 24.7 Å². The van der Waals surface area contributed by atoms with Crippen LogP contribution in [0.5, 0.6) is 11.5 Å². The quantitative estimate of drug-likeness (QED) is 0.771. The highest BCUT2D eigenvalue weighted by Gasteiger charge is 2.03. The molecule has 0 fully saturated rings. The third-order valence-electron chi connectivity index (χ3n) is 2.93. The van der Waals surface area contributed by atoms with Crippen LogP contribution in [0.4, 0.5) is 11.4 Å². The van der Waals surface area contributed by atoms with E-state index in [1.165, 1.54) is 0 Å². The van der Waals surface area contributed by atoms with Gasteiger partial charge in [-0.3, -0.25) is 4.79 Å². The molecule has 0 aliphatic heterocycles. The minimum Gasteiger partial charge on any atom is -0.494 e. The van der Waals surface area contributed by atoms with E-state index >= 15 is 0 Å². The lowest BCUT2D eigenvalue weighted by Crippen LogP contribution is -2.15. The van der Waals surface area contributed by atoms with Crippen molar-refractivity contribution < 1.29 is 14.3 Å². The molecule has 0 saturated heterocycles. The van der Waals surface area contributed by atoms with E-state index < -0.39 is 0 Å². The van der Waals surface area contributed by atoms with Crippen LogP contribution in [-0.2, 0) is 4.79 Å². The summed E-state index contributed by atoms with van der Waals surface area (Å²) < 4.78 is 10.9. The van der Waals surface area contributed by atoms with Crippen LogP contribution in [0.2, 0.25) is 0 Å². The molecule has 3 N–H and O–H groups in total. The molecule has 0 saturated carbocycles. The van der Waals surface area contributed by atoms with Crippen LogP contribution in [-0.4, -0.2) is 19.1 Å². The van der Waals surface area contributed by atoms with E-state index in [4.69, 9.17) is 15.2 Å². The van der Waals surface area contributed by atoms with E-state index in [1.807, 2.05) is 31.2 Å². The number of anilines is 2. The Labute approximate surface area is 130 Å². The molecule has 5 nitrogen and oxygen atoms in total. The van der Waals surface area contributed by atoms with Gasteiger partial charge in [0.1, 0.15) is 11.5 Å². The van der Waals surface area contributed by atoms with Crippen molar-refractivity contribution in [1.82, 2.24) is 0 Å². The molecule has 0 aliphatic rings. The molecule has 2 rings (SSSR count). The Morgan fingerprint density at radius 2 is 1.59 bits per heavy atom. The summed E-state index contributed by atoms with van der Waals surface area (Å²) in [6.45, 7) is 2.88. The predicted octanol–water partition coefficient (Wildman–Crippen LogP) is 3.08. The van der Waals surface area contributed by atoms with Crippen molar-refractivity contribution in [2.24, 2.45) is 0 Å². The van der Waals surface area contributed by atoms with Gasteiger partial charge in [-0.05, 0) is 55.5 Å². The van der Waals surface area contributed by atoms with Crippen LogP contribution in [0.3, 0.4) is 0 Å². The minimum absolute atomic E-state index is 0.101. The Bertz CT molecular complexity index is 594. The highest BCUT2D eigenvalue weighted by Crippen LogP contribution is 2.17. The number of nitrogens with one attached hydrogen (secondary N) is 1. The number of ether oxygens (including phenoxy) is 2. The van der Waals surface area contributed by atoms with Gasteiger partial charge in [0.25, 0.3) is 0 Å². The Morgan fingerprint density at radius 3 is 2.18 bits per heavy atom. The van der Waals surface area contributed by atoms with Crippen molar-refractivity contribution in [3.63, 3.8) is 0 Å². The Hall–Kier alpha value is -2.69. The monoisotopic (exact) mass is 300 g/mol. The number of carbonyl (C=O) groups is 1. The van der Waals surface area contributed by atoms with Crippen molar-refractivity contribution in [2.45, 2.75) is 13.3 Å². The molecule has 0 unspecified atom stereocenters. The summed E-state index contributed by atoms with van der Waals surface area (Å²) in [5.74, 6) is 1.41. The first-order chi connectivity index (χ1) is 10.7. The van der Waals surface area contributed by atoms with E-state index in [1.54, 1.807) is 24.3 Å². The molecule has 1 amide bonds. The fraction of sp³-hybridized carbons (Fsp3) is 0.235. The highest BCUT2D eigenvalue weighted by molar-refractivity contribution is 5.90. The van der Waals surface area contributed by atoms with Crippen LogP contribution in [0, 0.1) is 0 Å². The predicted molar refractivity (Wildman–Crippen MR) is 87.2 cm³/mol. The minimum atomic E-state index is -0.101. The summed E-state index contributed by atoms with van der Waals surface area (Å²) in [7, 11) is 0. The first-order valence-corrected chi connectivity index (χ1v) is 7.18. The normalized spacial score (nSPS) is 10.0. The lowest BCUT2D eigenvalue weighted by molar-refractivity contribution is -0.116. The number of rotatable bonds is 7. The van der Waals surface area contributed by atoms with Crippen LogP contribution >= 0.6 is 0 Å². The number of hydrogen-bond donors (Lipinski definition) is 2. The second kappa shape index (κ2) is 7.93. The molecule has 0 aromatic heterocycles. The van der Waals surface area contributed by atoms with E-state index in [2.05, 4.69) is 5.32 Å². The average molecular weight is 300 g/mol. The second-order valence-corrected chi connectivity index (χ2v) is 4.67. The van der Waals surface area contributed by atoms with Crippen molar-refractivity contribution in [1.29, 1.82) is 0 Å². The van der Waals surface area contributed by atoms with Crippen LogP contribution < -0.4 is 20.5 Å². The maximum absolute atomic E-state index is 11.8. The molecular weight excluding hydrogens is 280 g/mol. The molecule has 116 valence electrons. The van der Waals surface area contributed by atoms with Gasteiger partial charge < -0.3 is 20.5 Å². The van der Waals surface area contributed by atoms with E-state index in [-0.39, 0.29) is 12.3 Å². The van der Waals surface area contributed by atoms with E-state index in [0.717, 1.165) is 11.4 Å². The zero-order chi connectivity index (χ0) is 15.8. The third-order valence-corrected chi connectivity index (χ3v) is 2.93.